The molecule has 2 aromatic carbocycles. The highest BCUT2D eigenvalue weighted by molar-refractivity contribution is 7.13. The van der Waals surface area contributed by atoms with Crippen LogP contribution >= 0.6 is 11.3 Å². The molecule has 0 aliphatic heterocycles. The van der Waals surface area contributed by atoms with E-state index in [1.165, 1.54) is 11.3 Å². The zero-order chi connectivity index (χ0) is 23.7. The molecule has 3 aromatic heterocycles. The van der Waals surface area contributed by atoms with E-state index in [9.17, 15) is 9.59 Å². The zero-order valence-electron chi connectivity index (χ0n) is 18.6. The van der Waals surface area contributed by atoms with Gasteiger partial charge in [-0.3, -0.25) is 4.79 Å². The lowest BCUT2D eigenvalue weighted by atomic mass is 10.1. The fourth-order valence-electron chi connectivity index (χ4n) is 3.86. The number of hydrogen-bond donors (Lipinski definition) is 0. The van der Waals surface area contributed by atoms with E-state index < -0.39 is 12.1 Å². The molecule has 0 spiro atoms. The Morgan fingerprint density at radius 1 is 0.971 bits per heavy atom. The van der Waals surface area contributed by atoms with Crippen LogP contribution in [0.15, 0.2) is 84.2 Å². The first kappa shape index (κ1) is 21.7. The Bertz CT molecular complexity index is 1480. The molecule has 0 saturated heterocycles. The van der Waals surface area contributed by atoms with E-state index >= 15 is 0 Å². The molecule has 168 valence electrons. The smallest absolute Gasteiger partial charge is 0.339 e. The lowest BCUT2D eigenvalue weighted by Gasteiger charge is -2.14. The van der Waals surface area contributed by atoms with Gasteiger partial charge in [0.05, 0.1) is 32.9 Å². The number of Topliss-reactive ketones (excluding diaryl/α,β-unsaturated/α-hetero) is 1. The van der Waals surface area contributed by atoms with E-state index in [0.717, 1.165) is 10.6 Å². The number of aromatic nitrogens is 3. The number of thiophene rings is 1. The number of para-hydroxylation sites is 1. The van der Waals surface area contributed by atoms with Gasteiger partial charge in [0.25, 0.3) is 0 Å². The molecule has 0 N–H and O–H groups in total. The molecule has 3 heterocycles. The van der Waals surface area contributed by atoms with Crippen molar-refractivity contribution in [2.24, 2.45) is 0 Å². The number of aryl methyl sites for hydroxylation is 1. The number of hydrogen-bond acceptors (Lipinski definition) is 6. The van der Waals surface area contributed by atoms with Crippen molar-refractivity contribution in [1.82, 2.24) is 14.8 Å². The average molecular weight is 468 g/mol. The summed E-state index contributed by atoms with van der Waals surface area (Å²) in [7, 11) is 0. The van der Waals surface area contributed by atoms with Crippen molar-refractivity contribution in [3.63, 3.8) is 0 Å². The first-order valence-electron chi connectivity index (χ1n) is 10.8. The molecular weight excluding hydrogens is 446 g/mol. The summed E-state index contributed by atoms with van der Waals surface area (Å²) >= 11 is 1.53. The Hall–Kier alpha value is -4.10. The lowest BCUT2D eigenvalue weighted by Crippen LogP contribution is -2.24. The van der Waals surface area contributed by atoms with Gasteiger partial charge in [-0.15, -0.1) is 11.3 Å². The molecule has 1 atom stereocenters. The Kier molecular flexibility index (Phi) is 5.77. The first-order valence-corrected chi connectivity index (χ1v) is 11.7. The van der Waals surface area contributed by atoms with Gasteiger partial charge in [0.2, 0.25) is 5.78 Å². The molecule has 0 amide bonds. The fourth-order valence-corrected chi connectivity index (χ4v) is 4.55. The summed E-state index contributed by atoms with van der Waals surface area (Å²) in [5, 5.41) is 7.23. The van der Waals surface area contributed by atoms with Crippen LogP contribution in [-0.2, 0) is 4.74 Å². The summed E-state index contributed by atoms with van der Waals surface area (Å²) in [6.45, 7) is 3.43. The van der Waals surface area contributed by atoms with Gasteiger partial charge >= 0.3 is 5.97 Å². The maximum absolute atomic E-state index is 13.4. The molecule has 5 rings (SSSR count). The number of fused-ring (bicyclic) bond motifs is 1. The monoisotopic (exact) mass is 467 g/mol. The van der Waals surface area contributed by atoms with Gasteiger partial charge in [-0.05, 0) is 43.5 Å². The van der Waals surface area contributed by atoms with Crippen LogP contribution in [0.1, 0.15) is 33.3 Å². The van der Waals surface area contributed by atoms with Crippen LogP contribution in [0.25, 0.3) is 27.3 Å². The van der Waals surface area contributed by atoms with Crippen molar-refractivity contribution in [2.45, 2.75) is 20.0 Å². The van der Waals surface area contributed by atoms with Crippen LogP contribution < -0.4 is 0 Å². The average Bonchev–Trinajstić information content (AvgIpc) is 3.52. The maximum Gasteiger partial charge on any atom is 0.339 e. The van der Waals surface area contributed by atoms with E-state index in [4.69, 9.17) is 9.72 Å². The molecule has 0 aliphatic rings. The molecule has 7 heteroatoms. The van der Waals surface area contributed by atoms with Crippen molar-refractivity contribution in [2.75, 3.05) is 0 Å². The van der Waals surface area contributed by atoms with Gasteiger partial charge in [-0.2, -0.15) is 5.10 Å². The summed E-state index contributed by atoms with van der Waals surface area (Å²) < 4.78 is 7.39. The maximum atomic E-state index is 13.4. The van der Waals surface area contributed by atoms with Crippen molar-refractivity contribution in [3.05, 3.63) is 101 Å². The second kappa shape index (κ2) is 9.03. The number of nitrogens with zero attached hydrogens (tertiary/aromatic N) is 3. The predicted molar refractivity (Wildman–Crippen MR) is 133 cm³/mol. The number of ketones is 1. The number of pyridine rings is 1. The molecule has 0 saturated carbocycles. The second-order valence-electron chi connectivity index (χ2n) is 7.84. The van der Waals surface area contributed by atoms with Crippen molar-refractivity contribution >= 4 is 34.1 Å². The van der Waals surface area contributed by atoms with Crippen LogP contribution in [0.5, 0.6) is 0 Å². The minimum absolute atomic E-state index is 0.255. The van der Waals surface area contributed by atoms with Gasteiger partial charge in [0.15, 0.2) is 11.8 Å². The molecule has 0 aliphatic carbocycles. The van der Waals surface area contributed by atoms with Crippen LogP contribution in [-0.4, -0.2) is 32.6 Å². The van der Waals surface area contributed by atoms with E-state index in [-0.39, 0.29) is 5.78 Å². The lowest BCUT2D eigenvalue weighted by molar-refractivity contribution is 0.0320. The highest BCUT2D eigenvalue weighted by Gasteiger charge is 2.25. The molecular formula is C27H21N3O3S. The third-order valence-corrected chi connectivity index (χ3v) is 6.41. The topological polar surface area (TPSA) is 74.1 Å². The number of benzene rings is 2. The number of rotatable bonds is 6. The second-order valence-corrected chi connectivity index (χ2v) is 8.79. The number of carbonyl (C=O) groups excluding carboxylic acids is 2. The third-order valence-electron chi connectivity index (χ3n) is 5.52. The molecule has 34 heavy (non-hydrogen) atoms. The van der Waals surface area contributed by atoms with Gasteiger partial charge in [0.1, 0.15) is 0 Å². The van der Waals surface area contributed by atoms with Gasteiger partial charge in [-0.25, -0.2) is 14.5 Å². The van der Waals surface area contributed by atoms with Crippen LogP contribution in [0, 0.1) is 6.92 Å². The molecule has 5 aromatic rings. The largest absolute Gasteiger partial charge is 0.451 e. The summed E-state index contributed by atoms with van der Waals surface area (Å²) in [6.07, 6.45) is -0.937. The minimum atomic E-state index is -0.937. The quantitative estimate of drug-likeness (QED) is 0.230. The molecule has 0 fully saturated rings. The summed E-state index contributed by atoms with van der Waals surface area (Å²) in [4.78, 5) is 31.9. The standard InChI is InChI=1S/C27H21N3O3S/c1-17-24-21(27(32)33-18(2)25(31)19-10-5-3-6-11-19)16-22(23-14-9-15-34-23)28-26(24)30(29-17)20-12-7-4-8-13-20/h3-16,18H,1-2H3. The van der Waals surface area contributed by atoms with Crippen LogP contribution in [0.3, 0.4) is 0 Å². The molecule has 1 unspecified atom stereocenters. The van der Waals surface area contributed by atoms with E-state index in [2.05, 4.69) is 5.10 Å². The number of carbonyl (C=O) groups is 2. The third kappa shape index (κ3) is 4.02. The zero-order valence-corrected chi connectivity index (χ0v) is 19.5. The van der Waals surface area contributed by atoms with Crippen LogP contribution in [0.2, 0.25) is 0 Å². The molecule has 0 radical (unpaired) electrons. The Labute approximate surface area is 200 Å². The van der Waals surface area contributed by atoms with Gasteiger partial charge in [0, 0.05) is 5.56 Å². The molecule has 6 nitrogen and oxygen atoms in total. The Morgan fingerprint density at radius 2 is 1.68 bits per heavy atom. The first-order chi connectivity index (χ1) is 16.5. The summed E-state index contributed by atoms with van der Waals surface area (Å²) in [5.74, 6) is -0.841. The summed E-state index contributed by atoms with van der Waals surface area (Å²) in [5.41, 5.74) is 3.52. The highest BCUT2D eigenvalue weighted by Crippen LogP contribution is 2.31. The predicted octanol–water partition coefficient (Wildman–Crippen LogP) is 5.89. The van der Waals surface area contributed by atoms with Crippen molar-refractivity contribution in [1.29, 1.82) is 0 Å². The van der Waals surface area contributed by atoms with Crippen molar-refractivity contribution < 1.29 is 14.3 Å². The Morgan fingerprint density at radius 3 is 2.35 bits per heavy atom. The normalized spacial score (nSPS) is 11.9. The highest BCUT2D eigenvalue weighted by atomic mass is 32.1. The minimum Gasteiger partial charge on any atom is -0.451 e. The van der Waals surface area contributed by atoms with Crippen molar-refractivity contribution in [3.8, 4) is 16.3 Å². The van der Waals surface area contributed by atoms with E-state index in [1.807, 2.05) is 60.8 Å². The molecule has 0 bridgehead atoms. The SMILES string of the molecule is Cc1nn(-c2ccccc2)c2nc(-c3cccs3)cc(C(=O)OC(C)C(=O)c3ccccc3)c12. The number of ether oxygens (including phenoxy) is 1. The van der Waals surface area contributed by atoms with E-state index in [1.54, 1.807) is 41.9 Å². The van der Waals surface area contributed by atoms with E-state index in [0.29, 0.717) is 33.5 Å². The Balaban J connectivity index is 1.60. The summed E-state index contributed by atoms with van der Waals surface area (Å²) in [6, 6.07) is 24.1. The van der Waals surface area contributed by atoms with Crippen LogP contribution in [0.4, 0.5) is 0 Å². The fraction of sp³-hybridized carbons (Fsp3) is 0.111. The van der Waals surface area contributed by atoms with Gasteiger partial charge < -0.3 is 4.74 Å². The van der Waals surface area contributed by atoms with Gasteiger partial charge in [-0.1, -0.05) is 54.6 Å². The number of esters is 1.